The van der Waals surface area contributed by atoms with Crippen LogP contribution < -0.4 is 0 Å². The highest BCUT2D eigenvalue weighted by molar-refractivity contribution is 7.97. The topological polar surface area (TPSA) is 40.5 Å². The van der Waals surface area contributed by atoms with E-state index in [-0.39, 0.29) is 11.7 Å². The Morgan fingerprint density at radius 1 is 1.58 bits per heavy atom. The highest BCUT2D eigenvalue weighted by atomic mass is 32.2. The van der Waals surface area contributed by atoms with Gasteiger partial charge in [0.25, 0.3) is 5.91 Å². The molecule has 0 saturated carbocycles. The van der Waals surface area contributed by atoms with E-state index in [1.165, 1.54) is 23.9 Å². The van der Waals surface area contributed by atoms with Crippen LogP contribution in [0.5, 0.6) is 0 Å². The normalized spacial score (nSPS) is 19.5. The number of aliphatic hydroxyl groups is 1. The Morgan fingerprint density at radius 2 is 2.37 bits per heavy atom. The fraction of sp³-hybridized carbons (Fsp3) is 0.500. The number of thioether (sulfide) groups is 1. The summed E-state index contributed by atoms with van der Waals surface area (Å²) in [6, 6.07) is 4.48. The van der Waals surface area contributed by atoms with Crippen molar-refractivity contribution >= 4 is 17.7 Å². The molecule has 3 nitrogen and oxygen atoms in total. The van der Waals surface area contributed by atoms with Gasteiger partial charge in [0, 0.05) is 24.4 Å². The van der Waals surface area contributed by atoms with Gasteiger partial charge in [-0.25, -0.2) is 4.39 Å². The van der Waals surface area contributed by atoms with Crippen LogP contribution in [0.15, 0.2) is 18.2 Å². The molecule has 0 aliphatic carbocycles. The van der Waals surface area contributed by atoms with Gasteiger partial charge >= 0.3 is 0 Å². The predicted molar refractivity (Wildman–Crippen MR) is 74.8 cm³/mol. The molecule has 0 bridgehead atoms. The van der Waals surface area contributed by atoms with Crippen LogP contribution in [0.4, 0.5) is 4.39 Å². The van der Waals surface area contributed by atoms with Crippen molar-refractivity contribution in [1.29, 1.82) is 0 Å². The van der Waals surface area contributed by atoms with E-state index in [9.17, 15) is 14.3 Å². The SMILES string of the molecule is CSCc1cc(C(=O)N2CCCC(O)C2)ccc1F. The number of β-amino-alcohol motifs (C(OH)–C–C–N with tert-alkyl or cyclic N) is 1. The summed E-state index contributed by atoms with van der Waals surface area (Å²) in [5.41, 5.74) is 1.05. The van der Waals surface area contributed by atoms with Crippen LogP contribution in [0, 0.1) is 5.82 Å². The summed E-state index contributed by atoms with van der Waals surface area (Å²) in [5, 5.41) is 9.60. The van der Waals surface area contributed by atoms with Gasteiger partial charge < -0.3 is 10.0 Å². The number of aliphatic hydroxyl groups excluding tert-OH is 1. The Kier molecular flexibility index (Phi) is 4.82. The molecule has 1 N–H and O–H groups in total. The molecule has 1 heterocycles. The summed E-state index contributed by atoms with van der Waals surface area (Å²) in [6.45, 7) is 1.03. The van der Waals surface area contributed by atoms with Crippen molar-refractivity contribution in [2.24, 2.45) is 0 Å². The van der Waals surface area contributed by atoms with Gasteiger partial charge in [-0.05, 0) is 42.9 Å². The second-order valence-electron chi connectivity index (χ2n) is 4.79. The summed E-state index contributed by atoms with van der Waals surface area (Å²) in [7, 11) is 0. The Hall–Kier alpha value is -1.07. The minimum absolute atomic E-state index is 0.124. The molecule has 2 rings (SSSR count). The smallest absolute Gasteiger partial charge is 0.253 e. The summed E-state index contributed by atoms with van der Waals surface area (Å²) < 4.78 is 13.5. The third-order valence-electron chi connectivity index (χ3n) is 3.28. The molecule has 1 aliphatic heterocycles. The number of amides is 1. The molecule has 1 fully saturated rings. The number of nitrogens with zero attached hydrogens (tertiary/aromatic N) is 1. The van der Waals surface area contributed by atoms with E-state index in [0.29, 0.717) is 30.0 Å². The Labute approximate surface area is 116 Å². The first-order chi connectivity index (χ1) is 9.11. The van der Waals surface area contributed by atoms with Gasteiger partial charge in [0.05, 0.1) is 6.10 Å². The van der Waals surface area contributed by atoms with Gasteiger partial charge in [-0.1, -0.05) is 0 Å². The summed E-state index contributed by atoms with van der Waals surface area (Å²) in [4.78, 5) is 13.9. The number of carbonyl (C=O) groups is 1. The lowest BCUT2D eigenvalue weighted by Gasteiger charge is -2.30. The van der Waals surface area contributed by atoms with Gasteiger partial charge in [-0.15, -0.1) is 0 Å². The van der Waals surface area contributed by atoms with E-state index in [2.05, 4.69) is 0 Å². The molecule has 1 aromatic rings. The second kappa shape index (κ2) is 6.39. The predicted octanol–water partition coefficient (Wildman–Crippen LogP) is 2.29. The molecule has 1 unspecified atom stereocenters. The third-order valence-corrected chi connectivity index (χ3v) is 3.88. The van der Waals surface area contributed by atoms with E-state index in [1.54, 1.807) is 11.0 Å². The highest BCUT2D eigenvalue weighted by Crippen LogP contribution is 2.19. The van der Waals surface area contributed by atoms with Crippen molar-refractivity contribution in [2.75, 3.05) is 19.3 Å². The number of rotatable bonds is 3. The summed E-state index contributed by atoms with van der Waals surface area (Å²) in [6.07, 6.45) is 3.01. The molecule has 1 amide bonds. The number of carbonyl (C=O) groups excluding carboxylic acids is 1. The van der Waals surface area contributed by atoms with Crippen LogP contribution in [0.25, 0.3) is 0 Å². The molecule has 0 spiro atoms. The fourth-order valence-electron chi connectivity index (χ4n) is 2.30. The maximum atomic E-state index is 13.5. The molecule has 5 heteroatoms. The van der Waals surface area contributed by atoms with Crippen LogP contribution >= 0.6 is 11.8 Å². The third kappa shape index (κ3) is 3.48. The maximum Gasteiger partial charge on any atom is 0.253 e. The van der Waals surface area contributed by atoms with Gasteiger partial charge in [0.15, 0.2) is 0 Å². The molecule has 1 saturated heterocycles. The van der Waals surface area contributed by atoms with Crippen LogP contribution in [-0.4, -0.2) is 41.4 Å². The van der Waals surface area contributed by atoms with Gasteiger partial charge in [-0.2, -0.15) is 11.8 Å². The number of benzene rings is 1. The number of likely N-dealkylation sites (tertiary alicyclic amines) is 1. The molecule has 0 aromatic heterocycles. The van der Waals surface area contributed by atoms with E-state index in [0.717, 1.165) is 12.8 Å². The molecule has 1 aromatic carbocycles. The van der Waals surface area contributed by atoms with E-state index >= 15 is 0 Å². The Bertz CT molecular complexity index is 467. The van der Waals surface area contributed by atoms with Crippen molar-refractivity contribution < 1.29 is 14.3 Å². The number of piperidine rings is 1. The standard InChI is InChI=1S/C14H18FNO2S/c1-19-9-11-7-10(4-5-13(11)15)14(18)16-6-2-3-12(17)8-16/h4-5,7,12,17H,2-3,6,8-9H2,1H3. The number of hydrogen-bond donors (Lipinski definition) is 1. The highest BCUT2D eigenvalue weighted by Gasteiger charge is 2.23. The van der Waals surface area contributed by atoms with Crippen molar-refractivity contribution in [1.82, 2.24) is 4.90 Å². The quantitative estimate of drug-likeness (QED) is 0.925. The zero-order valence-corrected chi connectivity index (χ0v) is 11.8. The first-order valence-corrected chi connectivity index (χ1v) is 7.76. The average molecular weight is 283 g/mol. The monoisotopic (exact) mass is 283 g/mol. The van der Waals surface area contributed by atoms with Gasteiger partial charge in [0.2, 0.25) is 0 Å². The van der Waals surface area contributed by atoms with Crippen LogP contribution in [0.3, 0.4) is 0 Å². The first kappa shape index (κ1) is 14.3. The van der Waals surface area contributed by atoms with Gasteiger partial charge in [-0.3, -0.25) is 4.79 Å². The maximum absolute atomic E-state index is 13.5. The van der Waals surface area contributed by atoms with Crippen molar-refractivity contribution in [2.45, 2.75) is 24.7 Å². The molecular formula is C14H18FNO2S. The molecule has 1 atom stereocenters. The van der Waals surface area contributed by atoms with Crippen molar-refractivity contribution in [3.8, 4) is 0 Å². The summed E-state index contributed by atoms with van der Waals surface area (Å²) >= 11 is 1.52. The van der Waals surface area contributed by atoms with Crippen molar-refractivity contribution in [3.05, 3.63) is 35.1 Å². The molecule has 0 radical (unpaired) electrons. The average Bonchev–Trinajstić information content (AvgIpc) is 2.41. The number of halogens is 1. The van der Waals surface area contributed by atoms with E-state index in [1.807, 2.05) is 6.26 Å². The lowest BCUT2D eigenvalue weighted by molar-refractivity contribution is 0.0473. The fourth-order valence-corrected chi connectivity index (χ4v) is 2.83. The van der Waals surface area contributed by atoms with Crippen LogP contribution in [0.2, 0.25) is 0 Å². The Balaban J connectivity index is 2.16. The second-order valence-corrected chi connectivity index (χ2v) is 5.65. The van der Waals surface area contributed by atoms with Gasteiger partial charge in [0.1, 0.15) is 5.82 Å². The summed E-state index contributed by atoms with van der Waals surface area (Å²) in [5.74, 6) is 0.154. The van der Waals surface area contributed by atoms with E-state index in [4.69, 9.17) is 0 Å². The molecule has 104 valence electrons. The first-order valence-electron chi connectivity index (χ1n) is 6.36. The number of hydrogen-bond acceptors (Lipinski definition) is 3. The largest absolute Gasteiger partial charge is 0.391 e. The minimum atomic E-state index is -0.441. The molecule has 1 aliphatic rings. The minimum Gasteiger partial charge on any atom is -0.391 e. The molecule has 19 heavy (non-hydrogen) atoms. The van der Waals surface area contributed by atoms with Crippen LogP contribution in [0.1, 0.15) is 28.8 Å². The lowest BCUT2D eigenvalue weighted by Crippen LogP contribution is -2.42. The van der Waals surface area contributed by atoms with E-state index < -0.39 is 6.10 Å². The lowest BCUT2D eigenvalue weighted by atomic mass is 10.1. The zero-order chi connectivity index (χ0) is 13.8. The zero-order valence-electron chi connectivity index (χ0n) is 10.9. The van der Waals surface area contributed by atoms with Crippen LogP contribution in [-0.2, 0) is 5.75 Å². The Morgan fingerprint density at radius 3 is 3.05 bits per heavy atom. The molecular weight excluding hydrogens is 265 g/mol. The van der Waals surface area contributed by atoms with Crippen molar-refractivity contribution in [3.63, 3.8) is 0 Å².